The predicted molar refractivity (Wildman–Crippen MR) is 143 cm³/mol. The zero-order valence-corrected chi connectivity index (χ0v) is 20.5. The largest absolute Gasteiger partial charge is 0.472 e. The van der Waals surface area contributed by atoms with Gasteiger partial charge in [0, 0.05) is 42.0 Å². The van der Waals surface area contributed by atoms with Crippen molar-refractivity contribution in [3.63, 3.8) is 0 Å². The molecule has 0 radical (unpaired) electrons. The van der Waals surface area contributed by atoms with Crippen molar-refractivity contribution in [2.75, 3.05) is 19.0 Å². The number of rotatable bonds is 5. The molecule has 186 valence electrons. The van der Waals surface area contributed by atoms with Crippen LogP contribution >= 0.6 is 0 Å². The molecule has 0 aliphatic carbocycles. The maximum atomic E-state index is 13.2. The molecule has 37 heavy (non-hydrogen) atoms. The highest BCUT2D eigenvalue weighted by Crippen LogP contribution is 2.50. The van der Waals surface area contributed by atoms with Crippen LogP contribution in [0.1, 0.15) is 27.8 Å². The number of hydrogen-bond donors (Lipinski definition) is 0. The standard InChI is InChI=1S/C32H26F3NO/c1-36(2)29-19-15-24(16-20-29)30-22-28(21-23-13-17-27(18-14-23)32(33,34)35)31(37-30,25-9-5-3-6-10-25)26-11-7-4-8-12-26/h3-22H,1-2H3/b28-21+. The Morgan fingerprint density at radius 3 is 1.73 bits per heavy atom. The third-order valence-electron chi connectivity index (χ3n) is 6.55. The molecule has 4 aromatic rings. The molecule has 1 aliphatic heterocycles. The van der Waals surface area contributed by atoms with Gasteiger partial charge < -0.3 is 9.64 Å². The van der Waals surface area contributed by atoms with Crippen LogP contribution in [0.3, 0.4) is 0 Å². The maximum absolute atomic E-state index is 13.2. The summed E-state index contributed by atoms with van der Waals surface area (Å²) in [6.45, 7) is 0. The third-order valence-corrected chi connectivity index (χ3v) is 6.55. The highest BCUT2D eigenvalue weighted by molar-refractivity contribution is 5.77. The molecule has 0 aromatic heterocycles. The molecule has 1 aliphatic rings. The average Bonchev–Trinajstić information content (AvgIpc) is 3.29. The van der Waals surface area contributed by atoms with Gasteiger partial charge in [0.15, 0.2) is 5.60 Å². The number of alkyl halides is 3. The normalized spacial score (nSPS) is 15.8. The fraction of sp³-hybridized carbons (Fsp3) is 0.125. The van der Waals surface area contributed by atoms with Gasteiger partial charge in [-0.1, -0.05) is 72.8 Å². The van der Waals surface area contributed by atoms with E-state index < -0.39 is 17.3 Å². The summed E-state index contributed by atoms with van der Waals surface area (Å²) in [6.07, 6.45) is -0.491. The Bertz CT molecular complexity index is 1380. The van der Waals surface area contributed by atoms with E-state index in [1.54, 1.807) is 0 Å². The summed E-state index contributed by atoms with van der Waals surface area (Å²) < 4.78 is 46.3. The molecule has 0 atom stereocenters. The highest BCUT2D eigenvalue weighted by atomic mass is 19.4. The number of anilines is 1. The minimum atomic E-state index is -4.38. The van der Waals surface area contributed by atoms with Crippen molar-refractivity contribution in [3.8, 4) is 0 Å². The maximum Gasteiger partial charge on any atom is 0.416 e. The summed E-state index contributed by atoms with van der Waals surface area (Å²) in [6, 6.07) is 33.1. The van der Waals surface area contributed by atoms with Crippen LogP contribution in [-0.4, -0.2) is 14.1 Å². The van der Waals surface area contributed by atoms with E-state index in [0.29, 0.717) is 11.3 Å². The number of hydrogen-bond acceptors (Lipinski definition) is 2. The average molecular weight is 498 g/mol. The Labute approximate surface area is 215 Å². The van der Waals surface area contributed by atoms with Gasteiger partial charge in [-0.2, -0.15) is 13.2 Å². The van der Waals surface area contributed by atoms with E-state index in [-0.39, 0.29) is 0 Å². The van der Waals surface area contributed by atoms with Crippen molar-refractivity contribution >= 4 is 17.5 Å². The van der Waals surface area contributed by atoms with Crippen molar-refractivity contribution in [1.29, 1.82) is 0 Å². The van der Waals surface area contributed by atoms with Crippen LogP contribution in [0.5, 0.6) is 0 Å². The first kappa shape index (κ1) is 24.4. The van der Waals surface area contributed by atoms with E-state index in [1.165, 1.54) is 12.1 Å². The Morgan fingerprint density at radius 2 is 1.24 bits per heavy atom. The topological polar surface area (TPSA) is 12.5 Å². The smallest absolute Gasteiger partial charge is 0.416 e. The summed E-state index contributed by atoms with van der Waals surface area (Å²) in [5.74, 6) is 0.691. The lowest BCUT2D eigenvalue weighted by atomic mass is 9.80. The Balaban J connectivity index is 1.69. The fourth-order valence-electron chi connectivity index (χ4n) is 4.62. The lowest BCUT2D eigenvalue weighted by Gasteiger charge is -2.33. The van der Waals surface area contributed by atoms with Gasteiger partial charge in [-0.25, -0.2) is 0 Å². The van der Waals surface area contributed by atoms with Crippen LogP contribution in [0.2, 0.25) is 0 Å². The molecule has 5 heteroatoms. The molecule has 0 unspecified atom stereocenters. The Kier molecular flexibility index (Phi) is 6.38. The molecule has 0 fully saturated rings. The first-order valence-electron chi connectivity index (χ1n) is 12.0. The van der Waals surface area contributed by atoms with Gasteiger partial charge >= 0.3 is 6.18 Å². The van der Waals surface area contributed by atoms with Gasteiger partial charge in [-0.15, -0.1) is 0 Å². The van der Waals surface area contributed by atoms with Gasteiger partial charge in [0.1, 0.15) is 5.76 Å². The van der Waals surface area contributed by atoms with Crippen molar-refractivity contribution in [2.24, 2.45) is 0 Å². The number of nitrogens with zero attached hydrogens (tertiary/aromatic N) is 1. The minimum absolute atomic E-state index is 0.656. The molecular weight excluding hydrogens is 471 g/mol. The van der Waals surface area contributed by atoms with Crippen molar-refractivity contribution in [1.82, 2.24) is 0 Å². The number of benzene rings is 4. The van der Waals surface area contributed by atoms with E-state index in [1.807, 2.05) is 116 Å². The Hall–Kier alpha value is -4.25. The zero-order valence-electron chi connectivity index (χ0n) is 20.5. The summed E-state index contributed by atoms with van der Waals surface area (Å²) >= 11 is 0. The molecule has 0 saturated heterocycles. The van der Waals surface area contributed by atoms with Crippen molar-refractivity contribution in [3.05, 3.63) is 149 Å². The lowest BCUT2D eigenvalue weighted by molar-refractivity contribution is -0.137. The first-order chi connectivity index (χ1) is 17.8. The van der Waals surface area contributed by atoms with Gasteiger partial charge in [0.25, 0.3) is 0 Å². The van der Waals surface area contributed by atoms with Gasteiger partial charge in [0.2, 0.25) is 0 Å². The molecule has 0 saturated carbocycles. The van der Waals surface area contributed by atoms with Crippen LogP contribution in [0.4, 0.5) is 18.9 Å². The minimum Gasteiger partial charge on any atom is -0.472 e. The summed E-state index contributed by atoms with van der Waals surface area (Å²) in [5, 5.41) is 0. The number of ether oxygens (including phenoxy) is 1. The summed E-state index contributed by atoms with van der Waals surface area (Å²) in [7, 11) is 3.97. The van der Waals surface area contributed by atoms with E-state index in [0.717, 1.165) is 40.1 Å². The van der Waals surface area contributed by atoms with Crippen LogP contribution < -0.4 is 4.90 Å². The van der Waals surface area contributed by atoms with Gasteiger partial charge in [-0.3, -0.25) is 0 Å². The fourth-order valence-corrected chi connectivity index (χ4v) is 4.62. The van der Waals surface area contributed by atoms with Crippen molar-refractivity contribution < 1.29 is 17.9 Å². The van der Waals surface area contributed by atoms with Crippen molar-refractivity contribution in [2.45, 2.75) is 11.8 Å². The zero-order chi connectivity index (χ0) is 26.0. The Morgan fingerprint density at radius 1 is 0.703 bits per heavy atom. The highest BCUT2D eigenvalue weighted by Gasteiger charge is 2.44. The molecule has 0 amide bonds. The quantitative estimate of drug-likeness (QED) is 0.276. The van der Waals surface area contributed by atoms with Crippen LogP contribution in [-0.2, 0) is 16.5 Å². The second-order valence-electron chi connectivity index (χ2n) is 9.18. The number of halogens is 3. The van der Waals surface area contributed by atoms with Crippen LogP contribution in [0.25, 0.3) is 11.8 Å². The summed E-state index contributed by atoms with van der Waals surface area (Å²) in [5.41, 5.74) is 3.68. The second-order valence-corrected chi connectivity index (χ2v) is 9.18. The first-order valence-corrected chi connectivity index (χ1v) is 12.0. The molecule has 4 aromatic carbocycles. The monoisotopic (exact) mass is 497 g/mol. The predicted octanol–water partition coefficient (Wildman–Crippen LogP) is 8.17. The lowest BCUT2D eigenvalue weighted by Crippen LogP contribution is -2.29. The summed E-state index contributed by atoms with van der Waals surface area (Å²) in [4.78, 5) is 2.03. The van der Waals surface area contributed by atoms with E-state index in [2.05, 4.69) is 0 Å². The molecule has 1 heterocycles. The molecular formula is C32H26F3NO. The van der Waals surface area contributed by atoms with Crippen LogP contribution in [0, 0.1) is 0 Å². The SMILES string of the molecule is CN(C)c1ccc(C2=C/C(=C\c3ccc(C(F)(F)F)cc3)C(c3ccccc3)(c3ccccc3)O2)cc1. The second kappa shape index (κ2) is 9.66. The van der Waals surface area contributed by atoms with E-state index in [4.69, 9.17) is 4.74 Å². The van der Waals surface area contributed by atoms with E-state index >= 15 is 0 Å². The third kappa shape index (κ3) is 4.77. The molecule has 5 rings (SSSR count). The molecule has 0 N–H and O–H groups in total. The molecule has 0 spiro atoms. The van der Waals surface area contributed by atoms with Gasteiger partial charge in [-0.05, 0) is 54.1 Å². The van der Waals surface area contributed by atoms with E-state index in [9.17, 15) is 13.2 Å². The molecule has 2 nitrogen and oxygen atoms in total. The van der Waals surface area contributed by atoms with Crippen LogP contribution in [0.15, 0.2) is 121 Å². The van der Waals surface area contributed by atoms with Gasteiger partial charge in [0.05, 0.1) is 5.56 Å². The molecule has 0 bridgehead atoms.